The lowest BCUT2D eigenvalue weighted by Gasteiger charge is -2.47. The van der Waals surface area contributed by atoms with E-state index in [1.54, 1.807) is 0 Å². The van der Waals surface area contributed by atoms with Gasteiger partial charge in [0.1, 0.15) is 12.0 Å². The van der Waals surface area contributed by atoms with E-state index < -0.39 is 4.92 Å². The van der Waals surface area contributed by atoms with E-state index in [4.69, 9.17) is 0 Å². The van der Waals surface area contributed by atoms with E-state index in [-0.39, 0.29) is 5.69 Å². The first-order valence-corrected chi connectivity index (χ1v) is 7.43. The average molecular weight is 342 g/mol. The summed E-state index contributed by atoms with van der Waals surface area (Å²) in [7, 11) is 0. The Labute approximate surface area is 125 Å². The molecule has 1 N–H and O–H groups in total. The highest BCUT2D eigenvalue weighted by Crippen LogP contribution is 2.25. The second-order valence-electron chi connectivity index (χ2n) is 5.15. The molecule has 0 aromatic carbocycles. The summed E-state index contributed by atoms with van der Waals surface area (Å²) in [6.07, 6.45) is 1.28. The molecule has 1 atom stereocenters. The van der Waals surface area contributed by atoms with Crippen LogP contribution in [-0.2, 0) is 0 Å². The summed E-state index contributed by atoms with van der Waals surface area (Å²) in [6.45, 7) is 6.46. The van der Waals surface area contributed by atoms with Gasteiger partial charge >= 0.3 is 0 Å². The number of nitrogens with one attached hydrogen (secondary N) is 1. The summed E-state index contributed by atoms with van der Waals surface area (Å²) < 4.78 is 0.628. The first-order valence-electron chi connectivity index (χ1n) is 6.63. The average Bonchev–Trinajstić information content (AvgIpc) is 2.47. The molecule has 20 heavy (non-hydrogen) atoms. The third kappa shape index (κ3) is 2.77. The standard InChI is InChI=1S/C12H16BrN5O2/c13-11-5-9(18(19)20)6-14-12(11)15-7-10-8-16-1-3-17(10)4-2-16/h5-6,10H,1-4,7-8H2,(H,14,15). The number of halogens is 1. The number of rotatable bonds is 4. The largest absolute Gasteiger partial charge is 0.368 e. The molecule has 0 spiro atoms. The van der Waals surface area contributed by atoms with E-state index in [1.807, 2.05) is 0 Å². The van der Waals surface area contributed by atoms with Gasteiger partial charge in [-0.05, 0) is 15.9 Å². The van der Waals surface area contributed by atoms with Gasteiger partial charge in [0.05, 0.1) is 9.40 Å². The molecular weight excluding hydrogens is 326 g/mol. The van der Waals surface area contributed by atoms with Crippen LogP contribution in [0.25, 0.3) is 0 Å². The highest BCUT2D eigenvalue weighted by molar-refractivity contribution is 9.10. The SMILES string of the molecule is O=[N+]([O-])c1cnc(NCC2CN3CCN2CC3)c(Br)c1. The second kappa shape index (κ2) is 5.63. The van der Waals surface area contributed by atoms with Crippen LogP contribution in [0.15, 0.2) is 16.7 Å². The third-order valence-corrected chi connectivity index (χ3v) is 4.54. The number of anilines is 1. The van der Waals surface area contributed by atoms with Gasteiger partial charge in [-0.2, -0.15) is 0 Å². The van der Waals surface area contributed by atoms with Crippen LogP contribution in [0, 0.1) is 10.1 Å². The molecule has 0 saturated carbocycles. The number of pyridine rings is 1. The molecule has 8 heteroatoms. The Bertz CT molecular complexity index is 519. The molecule has 1 unspecified atom stereocenters. The number of nitro groups is 1. The molecule has 0 amide bonds. The third-order valence-electron chi connectivity index (χ3n) is 3.93. The van der Waals surface area contributed by atoms with E-state index in [2.05, 4.69) is 36.0 Å². The molecule has 1 aromatic rings. The summed E-state index contributed by atoms with van der Waals surface area (Å²) in [5.74, 6) is 0.660. The van der Waals surface area contributed by atoms with E-state index in [9.17, 15) is 10.1 Å². The Hall–Kier alpha value is -1.25. The number of nitrogens with zero attached hydrogens (tertiary/aromatic N) is 4. The Morgan fingerprint density at radius 1 is 1.45 bits per heavy atom. The maximum absolute atomic E-state index is 10.7. The zero-order valence-corrected chi connectivity index (χ0v) is 12.5. The van der Waals surface area contributed by atoms with Crippen LogP contribution in [-0.4, -0.2) is 65.0 Å². The van der Waals surface area contributed by atoms with Gasteiger partial charge in [-0.1, -0.05) is 0 Å². The fourth-order valence-electron chi connectivity index (χ4n) is 2.79. The first kappa shape index (κ1) is 13.7. The minimum atomic E-state index is -0.444. The zero-order chi connectivity index (χ0) is 14.1. The molecule has 2 bridgehead atoms. The molecule has 3 aliphatic rings. The van der Waals surface area contributed by atoms with Gasteiger partial charge in [-0.15, -0.1) is 0 Å². The Balaban J connectivity index is 1.62. The van der Waals surface area contributed by atoms with Gasteiger partial charge in [-0.3, -0.25) is 19.9 Å². The van der Waals surface area contributed by atoms with E-state index in [1.165, 1.54) is 12.3 Å². The molecule has 4 heterocycles. The molecular formula is C12H16BrN5O2. The maximum Gasteiger partial charge on any atom is 0.288 e. The minimum absolute atomic E-state index is 0.00555. The van der Waals surface area contributed by atoms with Gasteiger partial charge in [0.25, 0.3) is 5.69 Å². The summed E-state index contributed by atoms with van der Waals surface area (Å²) in [4.78, 5) is 19.3. The van der Waals surface area contributed by atoms with Crippen molar-refractivity contribution in [2.24, 2.45) is 0 Å². The molecule has 108 valence electrons. The minimum Gasteiger partial charge on any atom is -0.368 e. The number of piperazine rings is 3. The van der Waals surface area contributed by atoms with Crippen LogP contribution in [0.2, 0.25) is 0 Å². The van der Waals surface area contributed by atoms with Crippen molar-refractivity contribution in [3.8, 4) is 0 Å². The van der Waals surface area contributed by atoms with Crippen LogP contribution in [0.3, 0.4) is 0 Å². The lowest BCUT2D eigenvalue weighted by Crippen LogP contribution is -2.62. The van der Waals surface area contributed by atoms with Crippen molar-refractivity contribution in [2.45, 2.75) is 6.04 Å². The molecule has 3 fully saturated rings. The van der Waals surface area contributed by atoms with Crippen molar-refractivity contribution in [2.75, 3.05) is 44.6 Å². The van der Waals surface area contributed by atoms with Crippen molar-refractivity contribution in [1.82, 2.24) is 14.8 Å². The Morgan fingerprint density at radius 3 is 2.75 bits per heavy atom. The van der Waals surface area contributed by atoms with Gasteiger partial charge in [0.15, 0.2) is 0 Å². The second-order valence-corrected chi connectivity index (χ2v) is 6.01. The fraction of sp³-hybridized carbons (Fsp3) is 0.583. The highest BCUT2D eigenvalue weighted by Gasteiger charge is 2.31. The predicted molar refractivity (Wildman–Crippen MR) is 78.9 cm³/mol. The van der Waals surface area contributed by atoms with Crippen molar-refractivity contribution in [1.29, 1.82) is 0 Å². The fourth-order valence-corrected chi connectivity index (χ4v) is 3.27. The van der Waals surface area contributed by atoms with Gasteiger partial charge in [0, 0.05) is 51.4 Å². The lowest BCUT2D eigenvalue weighted by molar-refractivity contribution is -0.385. The molecule has 1 aromatic heterocycles. The molecule has 0 radical (unpaired) electrons. The monoisotopic (exact) mass is 341 g/mol. The molecule has 3 aliphatic heterocycles. The van der Waals surface area contributed by atoms with Crippen LogP contribution < -0.4 is 5.32 Å². The predicted octanol–water partition coefficient (Wildman–Crippen LogP) is 1.16. The van der Waals surface area contributed by atoms with Crippen molar-refractivity contribution >= 4 is 27.4 Å². The molecule has 4 rings (SSSR count). The smallest absolute Gasteiger partial charge is 0.288 e. The summed E-state index contributed by atoms with van der Waals surface area (Å²) in [5, 5.41) is 14.0. The van der Waals surface area contributed by atoms with Gasteiger partial charge in [-0.25, -0.2) is 4.98 Å². The van der Waals surface area contributed by atoms with Gasteiger partial charge in [0.2, 0.25) is 0 Å². The van der Waals surface area contributed by atoms with Crippen LogP contribution in [0.5, 0.6) is 0 Å². The summed E-state index contributed by atoms with van der Waals surface area (Å²) >= 11 is 3.33. The van der Waals surface area contributed by atoms with Crippen LogP contribution in [0.4, 0.5) is 11.5 Å². The normalized spacial score (nSPS) is 28.4. The van der Waals surface area contributed by atoms with Crippen molar-refractivity contribution in [3.05, 3.63) is 26.9 Å². The van der Waals surface area contributed by atoms with Gasteiger partial charge < -0.3 is 5.32 Å². The Morgan fingerprint density at radius 2 is 2.20 bits per heavy atom. The number of fused-ring (bicyclic) bond motifs is 3. The quantitative estimate of drug-likeness (QED) is 0.654. The molecule has 7 nitrogen and oxygen atoms in total. The topological polar surface area (TPSA) is 74.5 Å². The zero-order valence-electron chi connectivity index (χ0n) is 11.0. The number of hydrogen-bond acceptors (Lipinski definition) is 6. The van der Waals surface area contributed by atoms with E-state index >= 15 is 0 Å². The summed E-state index contributed by atoms with van der Waals surface area (Å²) in [6, 6.07) is 1.97. The molecule has 3 saturated heterocycles. The molecule has 0 aliphatic carbocycles. The number of hydrogen-bond donors (Lipinski definition) is 1. The highest BCUT2D eigenvalue weighted by atomic mass is 79.9. The van der Waals surface area contributed by atoms with Crippen LogP contribution in [0.1, 0.15) is 0 Å². The summed E-state index contributed by atoms with van der Waals surface area (Å²) in [5.41, 5.74) is -0.00555. The maximum atomic E-state index is 10.7. The number of aromatic nitrogens is 1. The van der Waals surface area contributed by atoms with Crippen molar-refractivity contribution < 1.29 is 4.92 Å². The van der Waals surface area contributed by atoms with E-state index in [0.29, 0.717) is 16.3 Å². The van der Waals surface area contributed by atoms with E-state index in [0.717, 1.165) is 39.3 Å². The lowest BCUT2D eigenvalue weighted by atomic mass is 10.1. The van der Waals surface area contributed by atoms with Crippen LogP contribution >= 0.6 is 15.9 Å². The first-order chi connectivity index (χ1) is 9.63. The van der Waals surface area contributed by atoms with Crippen molar-refractivity contribution in [3.63, 3.8) is 0 Å². The Kier molecular flexibility index (Phi) is 3.86.